The summed E-state index contributed by atoms with van der Waals surface area (Å²) in [5.74, 6) is 0.756. The molecule has 8 nitrogen and oxygen atoms in total. The second kappa shape index (κ2) is 7.86. The van der Waals surface area contributed by atoms with Gasteiger partial charge in [0.1, 0.15) is 35.2 Å². The fourth-order valence-electron chi connectivity index (χ4n) is 4.04. The van der Waals surface area contributed by atoms with Crippen molar-refractivity contribution >= 4 is 32.5 Å². The van der Waals surface area contributed by atoms with Gasteiger partial charge in [0.05, 0.1) is 29.5 Å². The molecule has 0 spiro atoms. The van der Waals surface area contributed by atoms with Crippen molar-refractivity contribution in [2.24, 2.45) is 0 Å². The number of thiazole rings is 1. The zero-order valence-corrected chi connectivity index (χ0v) is 17.4. The molecular formula is C22H22N2O6S. The lowest BCUT2D eigenvalue weighted by molar-refractivity contribution is -0.250. The van der Waals surface area contributed by atoms with Gasteiger partial charge in [-0.3, -0.25) is 0 Å². The summed E-state index contributed by atoms with van der Waals surface area (Å²) in [6.07, 6.45) is -4.37. The fraction of sp³-hybridized carbons (Fsp3) is 0.318. The highest BCUT2D eigenvalue weighted by molar-refractivity contribution is 7.21. The van der Waals surface area contributed by atoms with Crippen LogP contribution in [0.4, 0.5) is 0 Å². The summed E-state index contributed by atoms with van der Waals surface area (Å²) in [5.41, 5.74) is 2.48. The van der Waals surface area contributed by atoms with Gasteiger partial charge in [0.15, 0.2) is 6.23 Å². The highest BCUT2D eigenvalue weighted by Gasteiger charge is 2.44. The first kappa shape index (κ1) is 20.4. The monoisotopic (exact) mass is 442 g/mol. The van der Waals surface area contributed by atoms with E-state index in [1.165, 1.54) is 11.3 Å². The maximum absolute atomic E-state index is 10.6. The molecule has 162 valence electrons. The summed E-state index contributed by atoms with van der Waals surface area (Å²) < 4.78 is 13.8. The molecule has 9 heteroatoms. The molecule has 4 N–H and O–H groups in total. The third-order valence-electron chi connectivity index (χ3n) is 5.71. The Morgan fingerprint density at radius 3 is 2.68 bits per heavy atom. The van der Waals surface area contributed by atoms with Gasteiger partial charge in [-0.05, 0) is 24.3 Å². The molecule has 2 aromatic heterocycles. The minimum Gasteiger partial charge on any atom is -0.497 e. The number of hydrogen-bond acceptors (Lipinski definition) is 8. The Morgan fingerprint density at radius 2 is 1.90 bits per heavy atom. The SMILES string of the molecule is COc1ccc2nc(-c3cn([C@@H]4O[C@H](CO)[C@@H](O)[C@H](O)[C@H]4O)c4ccccc34)sc2c1. The molecule has 0 amide bonds. The van der Waals surface area contributed by atoms with Gasteiger partial charge in [-0.2, -0.15) is 0 Å². The largest absolute Gasteiger partial charge is 0.497 e. The fourth-order valence-corrected chi connectivity index (χ4v) is 5.06. The third-order valence-corrected chi connectivity index (χ3v) is 6.76. The van der Waals surface area contributed by atoms with E-state index in [0.29, 0.717) is 0 Å². The molecule has 0 saturated carbocycles. The average molecular weight is 442 g/mol. The van der Waals surface area contributed by atoms with E-state index in [2.05, 4.69) is 0 Å². The molecule has 0 unspecified atom stereocenters. The number of benzene rings is 2. The molecule has 1 aliphatic rings. The summed E-state index contributed by atoms with van der Waals surface area (Å²) in [6, 6.07) is 13.3. The molecule has 0 aliphatic carbocycles. The van der Waals surface area contributed by atoms with Crippen LogP contribution in [0.15, 0.2) is 48.7 Å². The van der Waals surface area contributed by atoms with Crippen LogP contribution in [0.25, 0.3) is 31.7 Å². The van der Waals surface area contributed by atoms with Crippen LogP contribution < -0.4 is 4.74 Å². The molecular weight excluding hydrogens is 420 g/mol. The van der Waals surface area contributed by atoms with Gasteiger partial charge in [0.2, 0.25) is 0 Å². The molecule has 0 radical (unpaired) electrons. The molecule has 31 heavy (non-hydrogen) atoms. The van der Waals surface area contributed by atoms with E-state index in [0.717, 1.165) is 37.4 Å². The second-order valence-electron chi connectivity index (χ2n) is 7.54. The van der Waals surface area contributed by atoms with E-state index < -0.39 is 37.3 Å². The lowest BCUT2D eigenvalue weighted by Crippen LogP contribution is -2.56. The topological polar surface area (TPSA) is 117 Å². The van der Waals surface area contributed by atoms with Crippen LogP contribution in [-0.4, -0.2) is 68.1 Å². The Labute approximate surface area is 181 Å². The van der Waals surface area contributed by atoms with Gasteiger partial charge in [-0.15, -0.1) is 11.3 Å². The van der Waals surface area contributed by atoms with Crippen LogP contribution in [0.5, 0.6) is 5.75 Å². The molecule has 3 heterocycles. The Hall–Kier alpha value is -2.53. The van der Waals surface area contributed by atoms with Crippen LogP contribution in [0, 0.1) is 0 Å². The first-order valence-corrected chi connectivity index (χ1v) is 10.7. The molecule has 5 atom stereocenters. The summed E-state index contributed by atoms with van der Waals surface area (Å²) >= 11 is 1.52. The van der Waals surface area contributed by atoms with Crippen LogP contribution in [0.2, 0.25) is 0 Å². The van der Waals surface area contributed by atoms with E-state index >= 15 is 0 Å². The highest BCUT2D eigenvalue weighted by atomic mass is 32.1. The van der Waals surface area contributed by atoms with E-state index in [1.807, 2.05) is 48.7 Å². The van der Waals surface area contributed by atoms with E-state index in [1.54, 1.807) is 11.7 Å². The number of aliphatic hydroxyl groups is 4. The van der Waals surface area contributed by atoms with Gasteiger partial charge in [-0.1, -0.05) is 18.2 Å². The zero-order chi connectivity index (χ0) is 21.7. The molecule has 2 aromatic carbocycles. The third kappa shape index (κ3) is 3.30. The molecule has 4 aromatic rings. The number of nitrogens with zero attached hydrogens (tertiary/aromatic N) is 2. The van der Waals surface area contributed by atoms with Crippen LogP contribution in [0.3, 0.4) is 0 Å². The summed E-state index contributed by atoms with van der Waals surface area (Å²) in [4.78, 5) is 4.76. The second-order valence-corrected chi connectivity index (χ2v) is 8.57. The van der Waals surface area contributed by atoms with E-state index in [-0.39, 0.29) is 0 Å². The lowest BCUT2D eigenvalue weighted by Gasteiger charge is -2.40. The van der Waals surface area contributed by atoms with Crippen LogP contribution in [0.1, 0.15) is 6.23 Å². The van der Waals surface area contributed by atoms with Crippen LogP contribution in [-0.2, 0) is 4.74 Å². The van der Waals surface area contributed by atoms with E-state index in [4.69, 9.17) is 14.5 Å². The summed E-state index contributed by atoms with van der Waals surface area (Å²) in [6.45, 7) is -0.479. The van der Waals surface area contributed by atoms with Gasteiger partial charge in [0.25, 0.3) is 0 Å². The van der Waals surface area contributed by atoms with Crippen molar-refractivity contribution in [3.8, 4) is 16.3 Å². The smallest absolute Gasteiger partial charge is 0.163 e. The van der Waals surface area contributed by atoms with Crippen LogP contribution >= 0.6 is 11.3 Å². The first-order chi connectivity index (χ1) is 15.0. The first-order valence-electron chi connectivity index (χ1n) is 9.87. The lowest BCUT2D eigenvalue weighted by atomic mass is 9.98. The Kier molecular flexibility index (Phi) is 5.17. The van der Waals surface area contributed by atoms with Gasteiger partial charge >= 0.3 is 0 Å². The molecule has 1 aliphatic heterocycles. The minimum absolute atomic E-state index is 0.479. The Morgan fingerprint density at radius 1 is 1.10 bits per heavy atom. The van der Waals surface area contributed by atoms with Crippen molar-refractivity contribution in [2.45, 2.75) is 30.6 Å². The zero-order valence-electron chi connectivity index (χ0n) is 16.6. The number of aliphatic hydroxyl groups excluding tert-OH is 4. The number of aromatic nitrogens is 2. The van der Waals surface area contributed by atoms with Crippen molar-refractivity contribution in [3.05, 3.63) is 48.7 Å². The number of para-hydroxylation sites is 1. The van der Waals surface area contributed by atoms with E-state index in [9.17, 15) is 20.4 Å². The number of rotatable bonds is 4. The average Bonchev–Trinajstić information content (AvgIpc) is 3.38. The van der Waals surface area contributed by atoms with Crippen molar-refractivity contribution in [2.75, 3.05) is 13.7 Å². The Bertz CT molecular complexity index is 1240. The predicted octanol–water partition coefficient (Wildman–Crippen LogP) is 1.90. The maximum atomic E-state index is 10.6. The van der Waals surface area contributed by atoms with Crippen molar-refractivity contribution < 1.29 is 29.9 Å². The highest BCUT2D eigenvalue weighted by Crippen LogP contribution is 2.39. The number of hydrogen-bond donors (Lipinski definition) is 4. The molecule has 1 saturated heterocycles. The number of fused-ring (bicyclic) bond motifs is 2. The molecule has 0 bridgehead atoms. The molecule has 1 fully saturated rings. The minimum atomic E-state index is -1.45. The van der Waals surface area contributed by atoms with Gasteiger partial charge in [-0.25, -0.2) is 4.98 Å². The van der Waals surface area contributed by atoms with Gasteiger partial charge < -0.3 is 34.5 Å². The predicted molar refractivity (Wildman–Crippen MR) is 116 cm³/mol. The van der Waals surface area contributed by atoms with Crippen molar-refractivity contribution in [3.63, 3.8) is 0 Å². The Balaban J connectivity index is 1.64. The molecule has 5 rings (SSSR count). The van der Waals surface area contributed by atoms with Gasteiger partial charge in [0, 0.05) is 17.1 Å². The quantitative estimate of drug-likeness (QED) is 0.381. The van der Waals surface area contributed by atoms with Crippen molar-refractivity contribution in [1.29, 1.82) is 0 Å². The maximum Gasteiger partial charge on any atom is 0.163 e. The number of methoxy groups -OCH3 is 1. The standard InChI is InChI=1S/C22H22N2O6S/c1-29-11-6-7-14-17(8-11)31-21(23-14)13-9-24(15-5-3-2-4-12(13)15)22-20(28)19(27)18(26)16(10-25)30-22/h2-9,16,18-20,22,25-28H,10H2,1H3/t16-,18-,19+,20-,22-/m1/s1. The van der Waals surface area contributed by atoms with Crippen molar-refractivity contribution in [1.82, 2.24) is 9.55 Å². The summed E-state index contributed by atoms with van der Waals surface area (Å²) in [5, 5.41) is 42.2. The number of ether oxygens (including phenoxy) is 2. The summed E-state index contributed by atoms with van der Waals surface area (Å²) in [7, 11) is 1.62. The normalized spacial score (nSPS) is 26.5.